The Morgan fingerprint density at radius 3 is 2.41 bits per heavy atom. The number of amides is 1. The van der Waals surface area contributed by atoms with Crippen molar-refractivity contribution in [2.24, 2.45) is 5.73 Å². The maximum Gasteiger partial charge on any atom is 0.344 e. The molecule has 92 valence electrons. The summed E-state index contributed by atoms with van der Waals surface area (Å²) >= 11 is 0. The van der Waals surface area contributed by atoms with E-state index in [1.165, 1.54) is 6.92 Å². The van der Waals surface area contributed by atoms with Gasteiger partial charge in [0.1, 0.15) is 5.75 Å². The van der Waals surface area contributed by atoms with Gasteiger partial charge in [-0.3, -0.25) is 4.79 Å². The van der Waals surface area contributed by atoms with E-state index in [-0.39, 0.29) is 6.61 Å². The van der Waals surface area contributed by atoms with E-state index in [0.29, 0.717) is 11.4 Å². The second-order valence-electron chi connectivity index (χ2n) is 3.39. The number of anilines is 1. The Labute approximate surface area is 98.5 Å². The van der Waals surface area contributed by atoms with Gasteiger partial charge in [-0.05, 0) is 31.2 Å². The molecule has 0 saturated heterocycles. The molecule has 1 rings (SSSR count). The summed E-state index contributed by atoms with van der Waals surface area (Å²) in [4.78, 5) is 21.9. The zero-order valence-corrected chi connectivity index (χ0v) is 9.38. The Hall–Kier alpha value is -2.24. The predicted molar refractivity (Wildman–Crippen MR) is 61.1 cm³/mol. The van der Waals surface area contributed by atoms with E-state index in [4.69, 9.17) is 20.9 Å². The minimum Gasteiger partial charge on any atom is -0.482 e. The zero-order valence-electron chi connectivity index (χ0n) is 9.38. The highest BCUT2D eigenvalue weighted by atomic mass is 16.6. The summed E-state index contributed by atoms with van der Waals surface area (Å²) in [6.45, 7) is 1.10. The smallest absolute Gasteiger partial charge is 0.344 e. The maximum absolute atomic E-state index is 11.2. The van der Waals surface area contributed by atoms with Gasteiger partial charge in [-0.25, -0.2) is 4.79 Å². The number of ether oxygens (including phenoxy) is 2. The highest BCUT2D eigenvalue weighted by Gasteiger charge is 2.14. The van der Waals surface area contributed by atoms with Crippen molar-refractivity contribution in [3.8, 4) is 5.75 Å². The maximum atomic E-state index is 11.2. The van der Waals surface area contributed by atoms with Crippen molar-refractivity contribution in [3.05, 3.63) is 24.3 Å². The van der Waals surface area contributed by atoms with E-state index in [1.54, 1.807) is 24.3 Å². The number of rotatable bonds is 5. The van der Waals surface area contributed by atoms with Gasteiger partial charge in [-0.2, -0.15) is 0 Å². The molecule has 0 aliphatic rings. The summed E-state index contributed by atoms with van der Waals surface area (Å²) in [5.74, 6) is -0.873. The van der Waals surface area contributed by atoms with Crippen molar-refractivity contribution in [1.82, 2.24) is 0 Å². The van der Waals surface area contributed by atoms with E-state index in [0.717, 1.165) is 0 Å². The van der Waals surface area contributed by atoms with Gasteiger partial charge in [0.15, 0.2) is 12.7 Å². The molecule has 0 saturated carbocycles. The number of hydrogen-bond donors (Lipinski definition) is 2. The molecule has 6 nitrogen and oxygen atoms in total. The monoisotopic (exact) mass is 238 g/mol. The van der Waals surface area contributed by atoms with Crippen molar-refractivity contribution in [2.75, 3.05) is 12.3 Å². The van der Waals surface area contributed by atoms with Gasteiger partial charge >= 0.3 is 5.97 Å². The molecular weight excluding hydrogens is 224 g/mol. The normalized spacial score (nSPS) is 11.6. The first-order valence-corrected chi connectivity index (χ1v) is 4.96. The fourth-order valence-electron chi connectivity index (χ4n) is 0.996. The van der Waals surface area contributed by atoms with E-state index in [2.05, 4.69) is 0 Å². The molecule has 0 aliphatic heterocycles. The molecule has 0 aliphatic carbocycles. The first-order chi connectivity index (χ1) is 7.99. The van der Waals surface area contributed by atoms with Gasteiger partial charge in [-0.1, -0.05) is 0 Å². The van der Waals surface area contributed by atoms with Crippen LogP contribution in [0.2, 0.25) is 0 Å². The fourth-order valence-corrected chi connectivity index (χ4v) is 0.996. The van der Waals surface area contributed by atoms with Gasteiger partial charge in [0, 0.05) is 5.69 Å². The molecule has 17 heavy (non-hydrogen) atoms. The molecule has 0 aromatic heterocycles. The second-order valence-corrected chi connectivity index (χ2v) is 3.39. The molecule has 0 bridgehead atoms. The zero-order chi connectivity index (χ0) is 12.8. The van der Waals surface area contributed by atoms with Crippen LogP contribution in [0, 0.1) is 0 Å². The minimum atomic E-state index is -0.961. The fraction of sp³-hybridized carbons (Fsp3) is 0.273. The number of primary amides is 1. The number of nitrogen functional groups attached to an aromatic ring is 1. The molecule has 0 fully saturated rings. The van der Waals surface area contributed by atoms with Gasteiger partial charge in [0.25, 0.3) is 5.91 Å². The van der Waals surface area contributed by atoms with Crippen molar-refractivity contribution >= 4 is 17.6 Å². The first kappa shape index (κ1) is 12.8. The third-order valence-corrected chi connectivity index (χ3v) is 1.95. The minimum absolute atomic E-state index is 0.290. The van der Waals surface area contributed by atoms with Crippen LogP contribution in [0.1, 0.15) is 6.92 Å². The van der Waals surface area contributed by atoms with E-state index in [9.17, 15) is 9.59 Å². The summed E-state index contributed by atoms with van der Waals surface area (Å²) in [7, 11) is 0. The summed E-state index contributed by atoms with van der Waals surface area (Å²) in [6.07, 6.45) is -0.961. The summed E-state index contributed by atoms with van der Waals surface area (Å²) in [5, 5.41) is 0. The SMILES string of the molecule is CC(OC(=O)COc1ccc(N)cc1)C(N)=O. The van der Waals surface area contributed by atoms with Crippen LogP contribution in [-0.4, -0.2) is 24.6 Å². The Bertz CT molecular complexity index is 402. The lowest BCUT2D eigenvalue weighted by atomic mass is 10.3. The molecule has 1 aromatic rings. The lowest BCUT2D eigenvalue weighted by Crippen LogP contribution is -2.32. The molecule has 0 heterocycles. The topological polar surface area (TPSA) is 105 Å². The molecule has 1 unspecified atom stereocenters. The van der Waals surface area contributed by atoms with Crippen molar-refractivity contribution in [3.63, 3.8) is 0 Å². The molecule has 1 atom stereocenters. The highest BCUT2D eigenvalue weighted by molar-refractivity contribution is 5.82. The Balaban J connectivity index is 2.38. The van der Waals surface area contributed by atoms with Crippen LogP contribution in [0.15, 0.2) is 24.3 Å². The molecule has 6 heteroatoms. The van der Waals surface area contributed by atoms with Crippen molar-refractivity contribution in [1.29, 1.82) is 0 Å². The number of esters is 1. The number of nitrogens with two attached hydrogens (primary N) is 2. The van der Waals surface area contributed by atoms with Crippen LogP contribution in [0.25, 0.3) is 0 Å². The van der Waals surface area contributed by atoms with E-state index in [1.807, 2.05) is 0 Å². The van der Waals surface area contributed by atoms with Crippen LogP contribution in [0.5, 0.6) is 5.75 Å². The molecule has 1 aromatic carbocycles. The third-order valence-electron chi connectivity index (χ3n) is 1.95. The van der Waals surface area contributed by atoms with Crippen molar-refractivity contribution < 1.29 is 19.1 Å². The molecular formula is C11H14N2O4. The quantitative estimate of drug-likeness (QED) is 0.557. The standard InChI is InChI=1S/C11H14N2O4/c1-7(11(13)15)17-10(14)6-16-9-4-2-8(12)3-5-9/h2-5,7H,6,12H2,1H3,(H2,13,15). The van der Waals surface area contributed by atoms with Crippen molar-refractivity contribution in [2.45, 2.75) is 13.0 Å². The summed E-state index contributed by atoms with van der Waals surface area (Å²) < 4.78 is 9.82. The molecule has 0 radical (unpaired) electrons. The number of hydrogen-bond acceptors (Lipinski definition) is 5. The Kier molecular flexibility index (Phi) is 4.33. The lowest BCUT2D eigenvalue weighted by molar-refractivity contribution is -0.155. The van der Waals surface area contributed by atoms with Crippen LogP contribution in [0.4, 0.5) is 5.69 Å². The van der Waals surface area contributed by atoms with Gasteiger partial charge < -0.3 is 20.9 Å². The van der Waals surface area contributed by atoms with E-state index >= 15 is 0 Å². The number of carbonyl (C=O) groups is 2. The first-order valence-electron chi connectivity index (χ1n) is 4.96. The van der Waals surface area contributed by atoms with Crippen LogP contribution >= 0.6 is 0 Å². The van der Waals surface area contributed by atoms with Gasteiger partial charge in [0.05, 0.1) is 0 Å². The largest absolute Gasteiger partial charge is 0.482 e. The van der Waals surface area contributed by atoms with Gasteiger partial charge in [0.2, 0.25) is 0 Å². The predicted octanol–water partition coefficient (Wildman–Crippen LogP) is 0.0646. The summed E-state index contributed by atoms with van der Waals surface area (Å²) in [6, 6.07) is 6.54. The molecule has 1 amide bonds. The van der Waals surface area contributed by atoms with E-state index < -0.39 is 18.0 Å². The Morgan fingerprint density at radius 2 is 1.88 bits per heavy atom. The third kappa shape index (κ3) is 4.42. The average molecular weight is 238 g/mol. The number of carbonyl (C=O) groups excluding carboxylic acids is 2. The summed E-state index contributed by atoms with van der Waals surface area (Å²) in [5.41, 5.74) is 11.0. The molecule has 0 spiro atoms. The molecule has 4 N–H and O–H groups in total. The Morgan fingerprint density at radius 1 is 1.29 bits per heavy atom. The van der Waals surface area contributed by atoms with Crippen LogP contribution in [-0.2, 0) is 14.3 Å². The second kappa shape index (κ2) is 5.74. The highest BCUT2D eigenvalue weighted by Crippen LogP contribution is 2.12. The number of benzene rings is 1. The van der Waals surface area contributed by atoms with Crippen LogP contribution < -0.4 is 16.2 Å². The van der Waals surface area contributed by atoms with Gasteiger partial charge in [-0.15, -0.1) is 0 Å². The lowest BCUT2D eigenvalue weighted by Gasteiger charge is -2.10. The van der Waals surface area contributed by atoms with Crippen LogP contribution in [0.3, 0.4) is 0 Å². The average Bonchev–Trinajstić information content (AvgIpc) is 2.28.